The molecule has 0 spiro atoms. The monoisotopic (exact) mass is 313 g/mol. The van der Waals surface area contributed by atoms with Gasteiger partial charge in [-0.15, -0.1) is 12.4 Å². The van der Waals surface area contributed by atoms with Crippen LogP contribution in [0.2, 0.25) is 0 Å². The molecule has 1 fully saturated rings. The predicted molar refractivity (Wildman–Crippen MR) is 77.6 cm³/mol. The molecule has 1 amide bonds. The molecule has 114 valence electrons. The van der Waals surface area contributed by atoms with Crippen molar-refractivity contribution in [3.05, 3.63) is 0 Å². The lowest BCUT2D eigenvalue weighted by Crippen LogP contribution is -2.57. The second kappa shape index (κ2) is 6.88. The molecule has 0 aromatic carbocycles. The van der Waals surface area contributed by atoms with Crippen molar-refractivity contribution < 1.29 is 13.2 Å². The van der Waals surface area contributed by atoms with Gasteiger partial charge in [0.15, 0.2) is 0 Å². The summed E-state index contributed by atoms with van der Waals surface area (Å²) in [6.45, 7) is 3.65. The number of nitrogens with two attached hydrogens (primary N) is 1. The van der Waals surface area contributed by atoms with E-state index >= 15 is 0 Å². The van der Waals surface area contributed by atoms with E-state index in [1.165, 1.54) is 0 Å². The smallest absolute Gasteiger partial charge is 0.240 e. The van der Waals surface area contributed by atoms with Gasteiger partial charge >= 0.3 is 0 Å². The summed E-state index contributed by atoms with van der Waals surface area (Å²) in [5.41, 5.74) is 4.50. The Morgan fingerprint density at radius 3 is 2.42 bits per heavy atom. The van der Waals surface area contributed by atoms with Gasteiger partial charge in [-0.1, -0.05) is 6.42 Å². The summed E-state index contributed by atoms with van der Waals surface area (Å²) < 4.78 is 24.7. The quantitative estimate of drug-likeness (QED) is 0.664. The maximum absolute atomic E-state index is 12.1. The Labute approximate surface area is 121 Å². The van der Waals surface area contributed by atoms with Crippen LogP contribution in [0.25, 0.3) is 0 Å². The van der Waals surface area contributed by atoms with Gasteiger partial charge in [0, 0.05) is 6.04 Å². The van der Waals surface area contributed by atoms with Crippen molar-refractivity contribution in [3.63, 3.8) is 0 Å². The van der Waals surface area contributed by atoms with Gasteiger partial charge in [0.25, 0.3) is 0 Å². The molecule has 0 bridgehead atoms. The van der Waals surface area contributed by atoms with Crippen molar-refractivity contribution in [2.45, 2.75) is 44.7 Å². The van der Waals surface area contributed by atoms with Crippen molar-refractivity contribution in [1.82, 2.24) is 10.0 Å². The van der Waals surface area contributed by atoms with Crippen LogP contribution in [0.3, 0.4) is 0 Å². The Balaban J connectivity index is 0.00000324. The molecule has 2 atom stereocenters. The number of carbonyl (C=O) groups is 1. The van der Waals surface area contributed by atoms with Gasteiger partial charge in [-0.25, -0.2) is 13.1 Å². The molecule has 0 aliphatic heterocycles. The van der Waals surface area contributed by atoms with E-state index in [2.05, 4.69) is 10.0 Å². The number of sulfonamides is 1. The van der Waals surface area contributed by atoms with E-state index in [0.717, 1.165) is 25.5 Å². The molecule has 0 saturated heterocycles. The first-order valence-corrected chi connectivity index (χ1v) is 8.05. The van der Waals surface area contributed by atoms with Gasteiger partial charge in [0.05, 0.1) is 6.26 Å². The standard InChI is InChI=1S/C11H23N3O3S.ClH/c1-11(2,14-18(3,16)17)10(15)13-9-6-4-5-8(9)7-12;/h8-9,14H,4-7,12H2,1-3H3,(H,13,15);1H. The number of amides is 1. The molecule has 1 saturated carbocycles. The minimum absolute atomic E-state index is 0. The number of halogens is 1. The number of nitrogens with one attached hydrogen (secondary N) is 2. The molecule has 0 aromatic heterocycles. The average molecular weight is 314 g/mol. The molecule has 4 N–H and O–H groups in total. The third-order valence-corrected chi connectivity index (χ3v) is 4.17. The zero-order valence-electron chi connectivity index (χ0n) is 11.6. The summed E-state index contributed by atoms with van der Waals surface area (Å²) in [5.74, 6) is -0.0127. The largest absolute Gasteiger partial charge is 0.351 e. The number of rotatable bonds is 5. The number of hydrogen-bond donors (Lipinski definition) is 3. The van der Waals surface area contributed by atoms with E-state index in [0.29, 0.717) is 12.5 Å². The van der Waals surface area contributed by atoms with E-state index in [-0.39, 0.29) is 24.4 Å². The highest BCUT2D eigenvalue weighted by atomic mass is 35.5. The Bertz CT molecular complexity index is 411. The Hall–Kier alpha value is -0.370. The second-order valence-electron chi connectivity index (χ2n) is 5.51. The molecule has 0 radical (unpaired) electrons. The summed E-state index contributed by atoms with van der Waals surface area (Å²) in [6, 6.07) is 0.0585. The first-order valence-electron chi connectivity index (χ1n) is 6.15. The Morgan fingerprint density at radius 1 is 1.37 bits per heavy atom. The molecular formula is C11H24ClN3O3S. The van der Waals surface area contributed by atoms with Crippen LogP contribution >= 0.6 is 12.4 Å². The Kier molecular flexibility index (Phi) is 6.74. The minimum Gasteiger partial charge on any atom is -0.351 e. The van der Waals surface area contributed by atoms with Crippen molar-refractivity contribution in [1.29, 1.82) is 0 Å². The summed E-state index contributed by atoms with van der Waals surface area (Å²) in [5, 5.41) is 2.90. The van der Waals surface area contributed by atoms with Crippen LogP contribution in [-0.2, 0) is 14.8 Å². The van der Waals surface area contributed by atoms with Crippen molar-refractivity contribution in [2.75, 3.05) is 12.8 Å². The SMILES string of the molecule is CC(C)(NS(C)(=O)=O)C(=O)NC1CCCC1CN.Cl. The van der Waals surface area contributed by atoms with Gasteiger partial charge in [-0.05, 0) is 39.2 Å². The molecule has 2 unspecified atom stereocenters. The first-order chi connectivity index (χ1) is 8.15. The lowest BCUT2D eigenvalue weighted by Gasteiger charge is -2.28. The lowest BCUT2D eigenvalue weighted by molar-refractivity contribution is -0.126. The maximum atomic E-state index is 12.1. The normalized spacial score (nSPS) is 23.8. The molecule has 0 aromatic rings. The van der Waals surface area contributed by atoms with E-state index in [4.69, 9.17) is 5.73 Å². The molecule has 0 heterocycles. The van der Waals surface area contributed by atoms with Gasteiger partial charge in [-0.2, -0.15) is 0 Å². The van der Waals surface area contributed by atoms with Gasteiger partial charge in [0.1, 0.15) is 5.54 Å². The van der Waals surface area contributed by atoms with Gasteiger partial charge in [0.2, 0.25) is 15.9 Å². The van der Waals surface area contributed by atoms with Crippen LogP contribution < -0.4 is 15.8 Å². The maximum Gasteiger partial charge on any atom is 0.240 e. The number of carbonyl (C=O) groups excluding carboxylic acids is 1. The molecule has 1 aliphatic rings. The molecule has 19 heavy (non-hydrogen) atoms. The van der Waals surface area contributed by atoms with Gasteiger partial charge < -0.3 is 11.1 Å². The molecule has 1 rings (SSSR count). The third-order valence-electron chi connectivity index (χ3n) is 3.29. The van der Waals surface area contributed by atoms with E-state index < -0.39 is 15.6 Å². The van der Waals surface area contributed by atoms with Gasteiger partial charge in [-0.3, -0.25) is 4.79 Å². The third kappa shape index (κ3) is 5.64. The summed E-state index contributed by atoms with van der Waals surface area (Å²) in [7, 11) is -3.42. The Morgan fingerprint density at radius 2 is 1.95 bits per heavy atom. The van der Waals surface area contributed by atoms with Crippen LogP contribution in [0.1, 0.15) is 33.1 Å². The van der Waals surface area contributed by atoms with Crippen molar-refractivity contribution in [3.8, 4) is 0 Å². The highest BCUT2D eigenvalue weighted by Gasteiger charge is 2.35. The lowest BCUT2D eigenvalue weighted by atomic mass is 10.0. The highest BCUT2D eigenvalue weighted by Crippen LogP contribution is 2.25. The number of hydrogen-bond acceptors (Lipinski definition) is 4. The second-order valence-corrected chi connectivity index (χ2v) is 7.25. The summed E-state index contributed by atoms with van der Waals surface area (Å²) in [6.07, 6.45) is 4.01. The van der Waals surface area contributed by atoms with Crippen LogP contribution in [0.5, 0.6) is 0 Å². The van der Waals surface area contributed by atoms with Crippen molar-refractivity contribution in [2.24, 2.45) is 11.7 Å². The van der Waals surface area contributed by atoms with E-state index in [1.54, 1.807) is 13.8 Å². The zero-order valence-corrected chi connectivity index (χ0v) is 13.2. The van der Waals surface area contributed by atoms with Crippen LogP contribution in [0, 0.1) is 5.92 Å². The fourth-order valence-electron chi connectivity index (χ4n) is 2.37. The highest BCUT2D eigenvalue weighted by molar-refractivity contribution is 7.88. The fraction of sp³-hybridized carbons (Fsp3) is 0.909. The van der Waals surface area contributed by atoms with E-state index in [1.807, 2.05) is 0 Å². The molecule has 6 nitrogen and oxygen atoms in total. The minimum atomic E-state index is -3.42. The van der Waals surface area contributed by atoms with Crippen LogP contribution in [0.15, 0.2) is 0 Å². The van der Waals surface area contributed by atoms with Crippen LogP contribution in [0.4, 0.5) is 0 Å². The predicted octanol–water partition coefficient (Wildman–Crippen LogP) is -0.0204. The fourth-order valence-corrected chi connectivity index (χ4v) is 3.39. The average Bonchev–Trinajstić information content (AvgIpc) is 2.61. The topological polar surface area (TPSA) is 101 Å². The molecule has 1 aliphatic carbocycles. The first kappa shape index (κ1) is 18.6. The molecular weight excluding hydrogens is 290 g/mol. The summed E-state index contributed by atoms with van der Waals surface area (Å²) >= 11 is 0. The van der Waals surface area contributed by atoms with Crippen molar-refractivity contribution >= 4 is 28.3 Å². The molecule has 8 heteroatoms. The van der Waals surface area contributed by atoms with Crippen LogP contribution in [-0.4, -0.2) is 38.7 Å². The zero-order chi connectivity index (χ0) is 14.0. The van der Waals surface area contributed by atoms with E-state index in [9.17, 15) is 13.2 Å². The summed E-state index contributed by atoms with van der Waals surface area (Å²) in [4.78, 5) is 12.1.